The molecule has 0 fully saturated rings. The van der Waals surface area contributed by atoms with Crippen molar-refractivity contribution in [2.24, 2.45) is 0 Å². The number of para-hydroxylation sites is 2. The topological polar surface area (TPSA) is 16.4 Å². The molecule has 1 aromatic heterocycles. The number of hydrogen-bond acceptors (Lipinski definition) is 2. The van der Waals surface area contributed by atoms with E-state index in [1.807, 2.05) is 18.2 Å². The highest BCUT2D eigenvalue weighted by Gasteiger charge is 2.18. The first-order valence-corrected chi connectivity index (χ1v) is 17.0. The van der Waals surface area contributed by atoms with Crippen molar-refractivity contribution in [2.75, 3.05) is 4.90 Å². The average molecular weight is 640 g/mol. The second-order valence-corrected chi connectivity index (χ2v) is 12.6. The number of benzene rings is 8. The van der Waals surface area contributed by atoms with Gasteiger partial charge in [-0.1, -0.05) is 152 Å². The smallest absolute Gasteiger partial charge is 0.135 e. The molecule has 2 heteroatoms. The maximum Gasteiger partial charge on any atom is 0.135 e. The quantitative estimate of drug-likeness (QED) is 0.173. The number of rotatable bonds is 7. The van der Waals surface area contributed by atoms with Crippen molar-refractivity contribution in [1.82, 2.24) is 0 Å². The molecule has 2 nitrogen and oxygen atoms in total. The third kappa shape index (κ3) is 5.53. The van der Waals surface area contributed by atoms with E-state index in [1.165, 1.54) is 38.6 Å². The second kappa shape index (κ2) is 12.8. The van der Waals surface area contributed by atoms with Crippen LogP contribution in [0.5, 0.6) is 0 Å². The van der Waals surface area contributed by atoms with Crippen LogP contribution in [0.2, 0.25) is 0 Å². The van der Waals surface area contributed by atoms with Gasteiger partial charge in [0, 0.05) is 27.7 Å². The van der Waals surface area contributed by atoms with Gasteiger partial charge < -0.3 is 9.32 Å². The zero-order chi connectivity index (χ0) is 33.3. The number of fused-ring (bicyclic) bond motifs is 2. The molecule has 0 bridgehead atoms. The van der Waals surface area contributed by atoms with Gasteiger partial charge in [0.15, 0.2) is 0 Å². The fraction of sp³-hybridized carbons (Fsp3) is 0. The molecule has 0 spiro atoms. The van der Waals surface area contributed by atoms with Gasteiger partial charge in [-0.2, -0.15) is 0 Å². The van der Waals surface area contributed by atoms with Gasteiger partial charge in [0.05, 0.1) is 5.69 Å². The molecule has 0 amide bonds. The fourth-order valence-electron chi connectivity index (χ4n) is 6.99. The highest BCUT2D eigenvalue weighted by atomic mass is 16.3. The summed E-state index contributed by atoms with van der Waals surface area (Å²) in [5, 5.41) is 3.49. The summed E-state index contributed by atoms with van der Waals surface area (Å²) in [4.78, 5) is 2.36. The SMILES string of the molecule is c1ccc(-c2ccc(-c3ccc(N(c4ccccc4)c4ccc(-c5cccc(-c6cc7ccccc7o6)c5)c5ccccc45)cc3)cc2)cc1. The van der Waals surface area contributed by atoms with Crippen molar-refractivity contribution >= 4 is 38.8 Å². The van der Waals surface area contributed by atoms with Gasteiger partial charge in [-0.05, 0) is 87.3 Å². The maximum atomic E-state index is 6.23. The van der Waals surface area contributed by atoms with Gasteiger partial charge in [-0.25, -0.2) is 0 Å². The molecular weight excluding hydrogens is 607 g/mol. The van der Waals surface area contributed by atoms with Crippen molar-refractivity contribution in [3.63, 3.8) is 0 Å². The Bertz CT molecular complexity index is 2530. The van der Waals surface area contributed by atoms with Crippen molar-refractivity contribution in [3.05, 3.63) is 200 Å². The highest BCUT2D eigenvalue weighted by molar-refractivity contribution is 6.06. The van der Waals surface area contributed by atoms with Crippen LogP contribution >= 0.6 is 0 Å². The Balaban J connectivity index is 1.10. The van der Waals surface area contributed by atoms with E-state index in [-0.39, 0.29) is 0 Å². The molecule has 0 aliphatic rings. The van der Waals surface area contributed by atoms with Gasteiger partial charge in [0.2, 0.25) is 0 Å². The summed E-state index contributed by atoms with van der Waals surface area (Å²) in [5.41, 5.74) is 12.5. The molecule has 9 rings (SSSR count). The molecule has 1 heterocycles. The lowest BCUT2D eigenvalue weighted by Crippen LogP contribution is -2.10. The highest BCUT2D eigenvalue weighted by Crippen LogP contribution is 2.43. The zero-order valence-electron chi connectivity index (χ0n) is 27.4. The Hall–Kier alpha value is -6.64. The zero-order valence-corrected chi connectivity index (χ0v) is 27.4. The van der Waals surface area contributed by atoms with E-state index >= 15 is 0 Å². The molecule has 0 aliphatic carbocycles. The van der Waals surface area contributed by atoms with Gasteiger partial charge in [0.1, 0.15) is 11.3 Å². The van der Waals surface area contributed by atoms with Crippen molar-refractivity contribution in [3.8, 4) is 44.7 Å². The van der Waals surface area contributed by atoms with Crippen LogP contribution in [0.1, 0.15) is 0 Å². The van der Waals surface area contributed by atoms with Crippen LogP contribution in [0, 0.1) is 0 Å². The number of furan rings is 1. The van der Waals surface area contributed by atoms with Crippen LogP contribution < -0.4 is 4.90 Å². The lowest BCUT2D eigenvalue weighted by Gasteiger charge is -2.27. The van der Waals surface area contributed by atoms with Crippen LogP contribution in [0.15, 0.2) is 205 Å². The van der Waals surface area contributed by atoms with Crippen molar-refractivity contribution in [2.45, 2.75) is 0 Å². The fourth-order valence-corrected chi connectivity index (χ4v) is 6.99. The van der Waals surface area contributed by atoms with Crippen LogP contribution in [-0.2, 0) is 0 Å². The summed E-state index contributed by atoms with van der Waals surface area (Å²) < 4.78 is 6.23. The van der Waals surface area contributed by atoms with Gasteiger partial charge in [-0.15, -0.1) is 0 Å². The van der Waals surface area contributed by atoms with Crippen LogP contribution in [0.25, 0.3) is 66.4 Å². The molecule has 0 aliphatic heterocycles. The Morgan fingerprint density at radius 1 is 0.340 bits per heavy atom. The Kier molecular flexibility index (Phi) is 7.53. The van der Waals surface area contributed by atoms with E-state index in [9.17, 15) is 0 Å². The summed E-state index contributed by atoms with van der Waals surface area (Å²) in [6, 6.07) is 71.1. The molecule has 0 unspecified atom stereocenters. The summed E-state index contributed by atoms with van der Waals surface area (Å²) >= 11 is 0. The maximum absolute atomic E-state index is 6.23. The minimum atomic E-state index is 0.875. The normalized spacial score (nSPS) is 11.2. The molecule has 0 atom stereocenters. The summed E-state index contributed by atoms with van der Waals surface area (Å²) in [6.45, 7) is 0. The standard InChI is InChI=1S/C48H33NO/c1-3-12-34(13-4-1)35-22-24-36(25-23-35)37-26-28-42(29-27-37)49(41-17-5-2-6-18-41)46-31-30-43(44-19-8-9-20-45(44)46)38-15-11-16-39(32-38)48-33-40-14-7-10-21-47(40)50-48/h1-33H. The summed E-state index contributed by atoms with van der Waals surface area (Å²) in [6.07, 6.45) is 0. The summed E-state index contributed by atoms with van der Waals surface area (Å²) in [7, 11) is 0. The number of nitrogens with zero attached hydrogens (tertiary/aromatic N) is 1. The second-order valence-electron chi connectivity index (χ2n) is 12.6. The lowest BCUT2D eigenvalue weighted by molar-refractivity contribution is 0.631. The van der Waals surface area contributed by atoms with Crippen LogP contribution in [-0.4, -0.2) is 0 Å². The number of hydrogen-bond donors (Lipinski definition) is 0. The van der Waals surface area contributed by atoms with E-state index in [0.29, 0.717) is 0 Å². The van der Waals surface area contributed by atoms with E-state index < -0.39 is 0 Å². The Morgan fingerprint density at radius 2 is 0.880 bits per heavy atom. The van der Waals surface area contributed by atoms with E-state index in [4.69, 9.17) is 4.42 Å². The van der Waals surface area contributed by atoms with Crippen molar-refractivity contribution in [1.29, 1.82) is 0 Å². The molecule has 0 saturated heterocycles. The molecule has 0 saturated carbocycles. The van der Waals surface area contributed by atoms with Gasteiger partial charge >= 0.3 is 0 Å². The van der Waals surface area contributed by atoms with E-state index in [0.717, 1.165) is 44.9 Å². The van der Waals surface area contributed by atoms with E-state index in [1.54, 1.807) is 0 Å². The molecule has 50 heavy (non-hydrogen) atoms. The minimum absolute atomic E-state index is 0.875. The Morgan fingerprint density at radius 3 is 1.60 bits per heavy atom. The third-order valence-corrected chi connectivity index (χ3v) is 9.49. The third-order valence-electron chi connectivity index (χ3n) is 9.49. The molecule has 0 N–H and O–H groups in total. The predicted molar refractivity (Wildman–Crippen MR) is 210 cm³/mol. The van der Waals surface area contributed by atoms with E-state index in [2.05, 4.69) is 187 Å². The van der Waals surface area contributed by atoms with Gasteiger partial charge in [-0.3, -0.25) is 0 Å². The molecular formula is C48H33NO. The van der Waals surface area contributed by atoms with Crippen molar-refractivity contribution < 1.29 is 4.42 Å². The minimum Gasteiger partial charge on any atom is -0.456 e. The molecule has 236 valence electrons. The lowest BCUT2D eigenvalue weighted by atomic mass is 9.95. The van der Waals surface area contributed by atoms with Gasteiger partial charge in [0.25, 0.3) is 0 Å². The number of anilines is 3. The first-order valence-electron chi connectivity index (χ1n) is 17.0. The monoisotopic (exact) mass is 639 g/mol. The molecule has 0 radical (unpaired) electrons. The molecule has 8 aromatic carbocycles. The molecule has 9 aromatic rings. The largest absolute Gasteiger partial charge is 0.456 e. The average Bonchev–Trinajstić information content (AvgIpc) is 3.64. The summed E-state index contributed by atoms with van der Waals surface area (Å²) in [5.74, 6) is 0.875. The predicted octanol–water partition coefficient (Wildman–Crippen LogP) is 13.7. The van der Waals surface area contributed by atoms with Crippen LogP contribution in [0.4, 0.5) is 17.1 Å². The first kappa shape index (κ1) is 29.5. The van der Waals surface area contributed by atoms with Crippen LogP contribution in [0.3, 0.4) is 0 Å². The Labute approximate surface area is 292 Å². The first-order chi connectivity index (χ1) is 24.8.